The van der Waals surface area contributed by atoms with Crippen molar-refractivity contribution in [1.82, 2.24) is 9.97 Å². The van der Waals surface area contributed by atoms with Crippen molar-refractivity contribution in [2.75, 3.05) is 16.8 Å². The molecule has 0 atom stereocenters. The molecule has 4 aromatic rings. The van der Waals surface area contributed by atoms with Crippen molar-refractivity contribution in [1.29, 1.82) is 5.26 Å². The number of nitrogens with one attached hydrogen (secondary N) is 1. The Balaban J connectivity index is 1.32. The first-order chi connectivity index (χ1) is 14.8. The summed E-state index contributed by atoms with van der Waals surface area (Å²) >= 11 is 0. The van der Waals surface area contributed by atoms with Crippen LogP contribution >= 0.6 is 0 Å². The van der Waals surface area contributed by atoms with Crippen LogP contribution in [0.5, 0.6) is 0 Å². The predicted molar refractivity (Wildman–Crippen MR) is 119 cm³/mol. The van der Waals surface area contributed by atoms with Gasteiger partial charge in [0.25, 0.3) is 0 Å². The van der Waals surface area contributed by atoms with Crippen LogP contribution in [0.15, 0.2) is 73.1 Å². The quantitative estimate of drug-likeness (QED) is 0.547. The Hall–Kier alpha value is -3.91. The lowest BCUT2D eigenvalue weighted by Gasteiger charge is -2.29. The first-order valence-corrected chi connectivity index (χ1v) is 10.1. The average molecular weight is 391 g/mol. The summed E-state index contributed by atoms with van der Waals surface area (Å²) in [6.45, 7) is 2.48. The van der Waals surface area contributed by atoms with Gasteiger partial charge in [-0.1, -0.05) is 48.5 Å². The van der Waals surface area contributed by atoms with E-state index in [0.29, 0.717) is 12.1 Å². The van der Waals surface area contributed by atoms with Gasteiger partial charge in [0.1, 0.15) is 11.9 Å². The molecule has 0 saturated carbocycles. The summed E-state index contributed by atoms with van der Waals surface area (Å²) in [5.41, 5.74) is 6.13. The molecule has 0 radical (unpaired) electrons. The van der Waals surface area contributed by atoms with Gasteiger partial charge in [-0.05, 0) is 35.2 Å². The van der Waals surface area contributed by atoms with E-state index in [-0.39, 0.29) is 0 Å². The van der Waals surface area contributed by atoms with Gasteiger partial charge in [0.05, 0.1) is 16.8 Å². The van der Waals surface area contributed by atoms with Gasteiger partial charge in [-0.15, -0.1) is 0 Å². The maximum Gasteiger partial charge on any atom is 0.128 e. The van der Waals surface area contributed by atoms with Crippen LogP contribution in [-0.4, -0.2) is 16.5 Å². The van der Waals surface area contributed by atoms with E-state index in [1.54, 1.807) is 6.20 Å². The molecular formula is C25H21N5. The van der Waals surface area contributed by atoms with E-state index >= 15 is 0 Å². The average Bonchev–Trinajstić information content (AvgIpc) is 2.82. The van der Waals surface area contributed by atoms with Crippen molar-refractivity contribution < 1.29 is 0 Å². The van der Waals surface area contributed by atoms with E-state index in [1.165, 1.54) is 11.1 Å². The molecule has 30 heavy (non-hydrogen) atoms. The van der Waals surface area contributed by atoms with Gasteiger partial charge in [-0.3, -0.25) is 4.98 Å². The lowest BCUT2D eigenvalue weighted by Crippen LogP contribution is -2.30. The molecule has 0 fully saturated rings. The summed E-state index contributed by atoms with van der Waals surface area (Å²) in [6, 6.07) is 22.9. The SMILES string of the molecule is N#Cc1cnc2ccccc2c1NCc1ccc(N2CCc3ccccc3C2)nc1. The zero-order chi connectivity index (χ0) is 20.3. The molecule has 0 spiro atoms. The summed E-state index contributed by atoms with van der Waals surface area (Å²) in [7, 11) is 0. The van der Waals surface area contributed by atoms with Crippen LogP contribution in [0.1, 0.15) is 22.3 Å². The van der Waals surface area contributed by atoms with Crippen molar-refractivity contribution >= 4 is 22.4 Å². The zero-order valence-electron chi connectivity index (χ0n) is 16.5. The molecule has 0 amide bonds. The summed E-state index contributed by atoms with van der Waals surface area (Å²) < 4.78 is 0. The molecular weight excluding hydrogens is 370 g/mol. The van der Waals surface area contributed by atoms with Crippen molar-refractivity contribution in [2.45, 2.75) is 19.5 Å². The Morgan fingerprint density at radius 3 is 2.60 bits per heavy atom. The van der Waals surface area contributed by atoms with Gasteiger partial charge in [0.2, 0.25) is 0 Å². The van der Waals surface area contributed by atoms with Crippen molar-refractivity contribution in [2.24, 2.45) is 0 Å². The summed E-state index contributed by atoms with van der Waals surface area (Å²) in [4.78, 5) is 11.4. The van der Waals surface area contributed by atoms with E-state index < -0.39 is 0 Å². The molecule has 1 N–H and O–H groups in total. The number of benzene rings is 2. The molecule has 0 aliphatic carbocycles. The number of hydrogen-bond acceptors (Lipinski definition) is 5. The number of nitriles is 1. The van der Waals surface area contributed by atoms with E-state index in [9.17, 15) is 5.26 Å². The number of hydrogen-bond donors (Lipinski definition) is 1. The maximum absolute atomic E-state index is 9.48. The fourth-order valence-corrected chi connectivity index (χ4v) is 4.01. The Labute approximate surface area is 175 Å². The van der Waals surface area contributed by atoms with E-state index in [4.69, 9.17) is 4.98 Å². The molecule has 1 aliphatic heterocycles. The molecule has 3 heterocycles. The Morgan fingerprint density at radius 2 is 1.77 bits per heavy atom. The molecule has 2 aromatic heterocycles. The van der Waals surface area contributed by atoms with Crippen LogP contribution in [0, 0.1) is 11.3 Å². The molecule has 0 bridgehead atoms. The van der Waals surface area contributed by atoms with Gasteiger partial charge in [0, 0.05) is 37.4 Å². The van der Waals surface area contributed by atoms with E-state index in [2.05, 4.69) is 57.7 Å². The van der Waals surface area contributed by atoms with Crippen LogP contribution in [0.4, 0.5) is 11.5 Å². The largest absolute Gasteiger partial charge is 0.379 e. The van der Waals surface area contributed by atoms with Crippen molar-refractivity contribution in [3.8, 4) is 6.07 Å². The Morgan fingerprint density at radius 1 is 0.933 bits per heavy atom. The van der Waals surface area contributed by atoms with Gasteiger partial charge in [0.15, 0.2) is 0 Å². The lowest BCUT2D eigenvalue weighted by atomic mass is 10.00. The highest BCUT2D eigenvalue weighted by atomic mass is 15.2. The Bertz CT molecular complexity index is 1240. The third-order valence-electron chi connectivity index (χ3n) is 5.63. The fourth-order valence-electron chi connectivity index (χ4n) is 4.01. The van der Waals surface area contributed by atoms with Crippen LogP contribution in [0.2, 0.25) is 0 Å². The first-order valence-electron chi connectivity index (χ1n) is 10.1. The topological polar surface area (TPSA) is 64.8 Å². The summed E-state index contributed by atoms with van der Waals surface area (Å²) in [5, 5.41) is 13.8. The highest BCUT2D eigenvalue weighted by Crippen LogP contribution is 2.26. The van der Waals surface area contributed by atoms with E-state index in [1.807, 2.05) is 30.5 Å². The third-order valence-corrected chi connectivity index (χ3v) is 5.63. The lowest BCUT2D eigenvalue weighted by molar-refractivity contribution is 0.720. The molecule has 1 aliphatic rings. The molecule has 0 saturated heterocycles. The van der Waals surface area contributed by atoms with Gasteiger partial charge in [-0.25, -0.2) is 4.98 Å². The Kier molecular flexibility index (Phi) is 4.74. The standard InChI is InChI=1S/C25H21N5/c26-13-21-16-27-23-8-4-3-7-22(23)25(21)29-15-18-9-10-24(28-14-18)30-12-11-19-5-1-2-6-20(19)17-30/h1-10,14,16H,11-12,15,17H2,(H,27,29). The second-order valence-corrected chi connectivity index (χ2v) is 7.49. The van der Waals surface area contributed by atoms with Crippen LogP contribution in [-0.2, 0) is 19.5 Å². The second kappa shape index (κ2) is 7.84. The molecule has 5 rings (SSSR count). The van der Waals surface area contributed by atoms with Gasteiger partial charge in [-0.2, -0.15) is 5.26 Å². The highest BCUT2D eigenvalue weighted by molar-refractivity contribution is 5.93. The minimum Gasteiger partial charge on any atom is -0.379 e. The molecule has 0 unspecified atom stereocenters. The molecule has 5 heteroatoms. The summed E-state index contributed by atoms with van der Waals surface area (Å²) in [6.07, 6.45) is 4.59. The van der Waals surface area contributed by atoms with Gasteiger partial charge < -0.3 is 10.2 Å². The van der Waals surface area contributed by atoms with Gasteiger partial charge >= 0.3 is 0 Å². The highest BCUT2D eigenvalue weighted by Gasteiger charge is 2.17. The zero-order valence-corrected chi connectivity index (χ0v) is 16.5. The van der Waals surface area contributed by atoms with E-state index in [0.717, 1.165) is 47.5 Å². The monoisotopic (exact) mass is 391 g/mol. The minimum atomic E-state index is 0.547. The molecule has 146 valence electrons. The number of fused-ring (bicyclic) bond motifs is 2. The smallest absolute Gasteiger partial charge is 0.128 e. The normalized spacial score (nSPS) is 13.0. The fraction of sp³-hybridized carbons (Fsp3) is 0.160. The van der Waals surface area contributed by atoms with Crippen molar-refractivity contribution in [3.05, 3.63) is 95.3 Å². The molecule has 2 aromatic carbocycles. The maximum atomic E-state index is 9.48. The summed E-state index contributed by atoms with van der Waals surface area (Å²) in [5.74, 6) is 1.00. The van der Waals surface area contributed by atoms with Crippen LogP contribution in [0.3, 0.4) is 0 Å². The number of pyridine rings is 2. The third kappa shape index (κ3) is 3.44. The number of aromatic nitrogens is 2. The minimum absolute atomic E-state index is 0.547. The van der Waals surface area contributed by atoms with Crippen LogP contribution in [0.25, 0.3) is 10.9 Å². The molecule has 5 nitrogen and oxygen atoms in total. The first kappa shape index (κ1) is 18.1. The second-order valence-electron chi connectivity index (χ2n) is 7.49. The number of anilines is 2. The number of para-hydroxylation sites is 1. The van der Waals surface area contributed by atoms with Crippen LogP contribution < -0.4 is 10.2 Å². The number of rotatable bonds is 4. The predicted octanol–water partition coefficient (Wildman–Crippen LogP) is 4.68. The number of nitrogens with zero attached hydrogens (tertiary/aromatic N) is 4. The van der Waals surface area contributed by atoms with Crippen molar-refractivity contribution in [3.63, 3.8) is 0 Å².